The monoisotopic (exact) mass is 321 g/mol. The van der Waals surface area contributed by atoms with E-state index in [2.05, 4.69) is 0 Å². The molecule has 2 N–H and O–H groups in total. The smallest absolute Gasteiger partial charge is 0.335 e. The van der Waals surface area contributed by atoms with E-state index < -0.39 is 11.6 Å². The highest BCUT2D eigenvalue weighted by atomic mass is 16.5. The minimum Gasteiger partial charge on any atom is -0.494 e. The quantitative estimate of drug-likeness (QED) is 0.828. The number of aliphatic hydroxyl groups is 1. The Labute approximate surface area is 135 Å². The topological polar surface area (TPSA) is 87.1 Å². The van der Waals surface area contributed by atoms with Gasteiger partial charge in [-0.15, -0.1) is 0 Å². The van der Waals surface area contributed by atoms with E-state index in [0.29, 0.717) is 6.61 Å². The Bertz CT molecular complexity index is 564. The van der Waals surface area contributed by atoms with E-state index >= 15 is 0 Å². The summed E-state index contributed by atoms with van der Waals surface area (Å²) in [5.74, 6) is -0.536. The van der Waals surface area contributed by atoms with Crippen molar-refractivity contribution in [1.82, 2.24) is 4.90 Å². The van der Waals surface area contributed by atoms with Crippen LogP contribution >= 0.6 is 0 Å². The first kappa shape index (κ1) is 17.3. The standard InChI is InChI=1S/C17H23NO5/c1-2-10-23-14-5-3-4-13(11-14)12-15(19)18-8-6-17(22,7-9-18)16(20)21/h3-5,11,22H,2,6-10,12H2,1H3,(H,20,21). The Morgan fingerprint density at radius 1 is 1.30 bits per heavy atom. The van der Waals surface area contributed by atoms with Crippen molar-refractivity contribution in [2.75, 3.05) is 19.7 Å². The second-order valence-corrected chi connectivity index (χ2v) is 5.89. The molecule has 126 valence electrons. The Kier molecular flexibility index (Phi) is 5.60. The predicted octanol–water partition coefficient (Wildman–Crippen LogP) is 1.46. The first-order valence-corrected chi connectivity index (χ1v) is 7.90. The summed E-state index contributed by atoms with van der Waals surface area (Å²) < 4.78 is 5.55. The van der Waals surface area contributed by atoms with Gasteiger partial charge in [0.1, 0.15) is 5.75 Å². The van der Waals surface area contributed by atoms with Crippen molar-refractivity contribution < 1.29 is 24.5 Å². The molecule has 1 saturated heterocycles. The lowest BCUT2D eigenvalue weighted by atomic mass is 9.91. The van der Waals surface area contributed by atoms with Crippen LogP contribution in [0.15, 0.2) is 24.3 Å². The van der Waals surface area contributed by atoms with E-state index in [1.165, 1.54) is 0 Å². The van der Waals surface area contributed by atoms with Gasteiger partial charge in [-0.1, -0.05) is 19.1 Å². The molecule has 2 rings (SSSR count). The van der Waals surface area contributed by atoms with Crippen molar-refractivity contribution >= 4 is 11.9 Å². The molecule has 0 atom stereocenters. The van der Waals surface area contributed by atoms with E-state index in [1.54, 1.807) is 4.90 Å². The lowest BCUT2D eigenvalue weighted by molar-refractivity contribution is -0.165. The first-order valence-electron chi connectivity index (χ1n) is 7.90. The van der Waals surface area contributed by atoms with Crippen molar-refractivity contribution in [2.45, 2.75) is 38.2 Å². The maximum absolute atomic E-state index is 12.3. The summed E-state index contributed by atoms with van der Waals surface area (Å²) in [4.78, 5) is 24.9. The van der Waals surface area contributed by atoms with Gasteiger partial charge < -0.3 is 19.8 Å². The zero-order valence-corrected chi connectivity index (χ0v) is 13.3. The van der Waals surface area contributed by atoms with Gasteiger partial charge >= 0.3 is 5.97 Å². The summed E-state index contributed by atoms with van der Waals surface area (Å²) in [5.41, 5.74) is -0.840. The summed E-state index contributed by atoms with van der Waals surface area (Å²) >= 11 is 0. The van der Waals surface area contributed by atoms with E-state index in [1.807, 2.05) is 31.2 Å². The van der Waals surface area contributed by atoms with Gasteiger partial charge in [-0.05, 0) is 24.1 Å². The number of nitrogens with zero attached hydrogens (tertiary/aromatic N) is 1. The maximum Gasteiger partial charge on any atom is 0.335 e. The van der Waals surface area contributed by atoms with Gasteiger partial charge in [0.2, 0.25) is 5.91 Å². The van der Waals surface area contributed by atoms with Gasteiger partial charge in [-0.3, -0.25) is 4.79 Å². The van der Waals surface area contributed by atoms with Crippen molar-refractivity contribution in [3.63, 3.8) is 0 Å². The molecular weight excluding hydrogens is 298 g/mol. The number of aliphatic carboxylic acids is 1. The molecule has 6 nitrogen and oxygen atoms in total. The number of carboxylic acid groups (broad SMARTS) is 1. The molecule has 1 aliphatic rings. The zero-order valence-electron chi connectivity index (χ0n) is 13.3. The fraction of sp³-hybridized carbons (Fsp3) is 0.529. The number of ether oxygens (including phenoxy) is 1. The van der Waals surface area contributed by atoms with Crippen molar-refractivity contribution in [1.29, 1.82) is 0 Å². The Morgan fingerprint density at radius 3 is 2.61 bits per heavy atom. The molecule has 1 aromatic rings. The molecule has 0 aromatic heterocycles. The van der Waals surface area contributed by atoms with E-state index in [0.717, 1.165) is 17.7 Å². The fourth-order valence-corrected chi connectivity index (χ4v) is 2.59. The molecule has 23 heavy (non-hydrogen) atoms. The molecule has 1 amide bonds. The van der Waals surface area contributed by atoms with Gasteiger partial charge in [0.05, 0.1) is 13.0 Å². The van der Waals surface area contributed by atoms with Gasteiger partial charge in [-0.25, -0.2) is 4.79 Å². The van der Waals surface area contributed by atoms with Crippen molar-refractivity contribution in [3.05, 3.63) is 29.8 Å². The minimum atomic E-state index is -1.70. The van der Waals surface area contributed by atoms with Crippen LogP contribution in [0.1, 0.15) is 31.7 Å². The first-order chi connectivity index (χ1) is 10.9. The van der Waals surface area contributed by atoms with Crippen LogP contribution in [0.5, 0.6) is 5.75 Å². The molecule has 0 spiro atoms. The van der Waals surface area contributed by atoms with Crippen LogP contribution in [0.3, 0.4) is 0 Å². The van der Waals surface area contributed by atoms with Crippen LogP contribution in [0, 0.1) is 0 Å². The number of hydrogen-bond donors (Lipinski definition) is 2. The van der Waals surface area contributed by atoms with Crippen molar-refractivity contribution in [3.8, 4) is 5.75 Å². The molecule has 0 unspecified atom stereocenters. The SMILES string of the molecule is CCCOc1cccc(CC(=O)N2CCC(O)(C(=O)O)CC2)c1. The van der Waals surface area contributed by atoms with Crippen molar-refractivity contribution in [2.24, 2.45) is 0 Å². The number of piperidine rings is 1. The number of carboxylic acids is 1. The molecule has 1 aromatic carbocycles. The fourth-order valence-electron chi connectivity index (χ4n) is 2.59. The number of amides is 1. The molecular formula is C17H23NO5. The summed E-state index contributed by atoms with van der Waals surface area (Å²) in [6.07, 6.45) is 1.29. The second-order valence-electron chi connectivity index (χ2n) is 5.89. The molecule has 1 fully saturated rings. The van der Waals surface area contributed by atoms with E-state index in [9.17, 15) is 14.7 Å². The zero-order chi connectivity index (χ0) is 16.9. The number of rotatable bonds is 6. The largest absolute Gasteiger partial charge is 0.494 e. The third kappa shape index (κ3) is 4.45. The van der Waals surface area contributed by atoms with E-state index in [-0.39, 0.29) is 38.3 Å². The van der Waals surface area contributed by atoms with Gasteiger partial charge in [0.15, 0.2) is 5.60 Å². The van der Waals surface area contributed by atoms with Crippen LogP contribution in [-0.4, -0.2) is 52.3 Å². The normalized spacial score (nSPS) is 16.9. The number of carbonyl (C=O) groups is 2. The number of carbonyl (C=O) groups excluding carboxylic acids is 1. The van der Waals surface area contributed by atoms with Crippen LogP contribution in [0.2, 0.25) is 0 Å². The highest BCUT2D eigenvalue weighted by Crippen LogP contribution is 2.23. The molecule has 0 bridgehead atoms. The Balaban J connectivity index is 1.91. The molecule has 1 heterocycles. The lowest BCUT2D eigenvalue weighted by Gasteiger charge is -2.35. The lowest BCUT2D eigenvalue weighted by Crippen LogP contribution is -2.51. The third-order valence-electron chi connectivity index (χ3n) is 4.07. The van der Waals surface area contributed by atoms with Crippen LogP contribution < -0.4 is 4.74 Å². The summed E-state index contributed by atoms with van der Waals surface area (Å²) in [7, 11) is 0. The van der Waals surface area contributed by atoms with Crippen LogP contribution in [0.4, 0.5) is 0 Å². The van der Waals surface area contributed by atoms with Gasteiger partial charge in [0.25, 0.3) is 0 Å². The van der Waals surface area contributed by atoms with Gasteiger partial charge in [0, 0.05) is 25.9 Å². The number of likely N-dealkylation sites (tertiary alicyclic amines) is 1. The minimum absolute atomic E-state index is 0.0632. The Morgan fingerprint density at radius 2 is 2.00 bits per heavy atom. The summed E-state index contributed by atoms with van der Waals surface area (Å²) in [6, 6.07) is 7.43. The molecule has 0 radical (unpaired) electrons. The summed E-state index contributed by atoms with van der Waals surface area (Å²) in [6.45, 7) is 3.18. The number of benzene rings is 1. The third-order valence-corrected chi connectivity index (χ3v) is 4.07. The molecule has 6 heteroatoms. The van der Waals surface area contributed by atoms with Gasteiger partial charge in [-0.2, -0.15) is 0 Å². The second kappa shape index (κ2) is 7.46. The highest BCUT2D eigenvalue weighted by molar-refractivity contribution is 5.81. The number of hydrogen-bond acceptors (Lipinski definition) is 4. The molecule has 1 aliphatic heterocycles. The summed E-state index contributed by atoms with van der Waals surface area (Å²) in [5, 5.41) is 18.9. The molecule has 0 aliphatic carbocycles. The highest BCUT2D eigenvalue weighted by Gasteiger charge is 2.40. The predicted molar refractivity (Wildman–Crippen MR) is 84.3 cm³/mol. The molecule has 0 saturated carbocycles. The maximum atomic E-state index is 12.3. The average molecular weight is 321 g/mol. The van der Waals surface area contributed by atoms with Crippen LogP contribution in [0.25, 0.3) is 0 Å². The average Bonchev–Trinajstić information content (AvgIpc) is 2.53. The van der Waals surface area contributed by atoms with E-state index in [4.69, 9.17) is 9.84 Å². The van der Waals surface area contributed by atoms with Crippen LogP contribution in [-0.2, 0) is 16.0 Å². The Hall–Kier alpha value is -2.08.